The number of hydrogen-bond acceptors (Lipinski definition) is 4. The molecule has 1 atom stereocenters. The zero-order chi connectivity index (χ0) is 18.0. The Morgan fingerprint density at radius 1 is 1.46 bits per heavy atom. The van der Waals surface area contributed by atoms with Crippen LogP contribution in [0, 0.1) is 12.8 Å². The van der Waals surface area contributed by atoms with E-state index in [1.807, 2.05) is 19.1 Å². The quantitative estimate of drug-likeness (QED) is 0.911. The maximum absolute atomic E-state index is 14.4. The van der Waals surface area contributed by atoms with Crippen LogP contribution in [0.4, 0.5) is 19.4 Å². The molecule has 1 fully saturated rings. The number of alkyl halides is 2. The van der Waals surface area contributed by atoms with Gasteiger partial charge in [-0.15, -0.1) is 0 Å². The van der Waals surface area contributed by atoms with Gasteiger partial charge in [0.25, 0.3) is 5.92 Å². The van der Waals surface area contributed by atoms with Gasteiger partial charge < -0.3 is 15.0 Å². The second kappa shape index (κ2) is 6.91. The van der Waals surface area contributed by atoms with Crippen molar-refractivity contribution < 1.29 is 18.3 Å². The number of amides is 1. The first kappa shape index (κ1) is 18.4. The Balaban J connectivity index is 1.92. The number of ether oxygens (including phenoxy) is 1. The molecule has 1 saturated heterocycles. The lowest BCUT2D eigenvalue weighted by Gasteiger charge is -2.38. The van der Waals surface area contributed by atoms with Gasteiger partial charge in [-0.2, -0.15) is 0 Å². The largest absolute Gasteiger partial charge is 0.444 e. The van der Waals surface area contributed by atoms with Crippen molar-refractivity contribution in [2.45, 2.75) is 45.6 Å². The number of aryl methyl sites for hydroxylation is 1. The molecule has 0 aliphatic carbocycles. The first-order valence-electron chi connectivity index (χ1n) is 8.10. The Bertz CT molecular complexity index is 587. The molecule has 24 heavy (non-hydrogen) atoms. The maximum Gasteiger partial charge on any atom is 0.410 e. The van der Waals surface area contributed by atoms with Gasteiger partial charge in [-0.3, -0.25) is 0 Å². The van der Waals surface area contributed by atoms with E-state index in [1.165, 1.54) is 0 Å². The van der Waals surface area contributed by atoms with Crippen molar-refractivity contribution in [1.29, 1.82) is 0 Å². The van der Waals surface area contributed by atoms with Gasteiger partial charge in [-0.05, 0) is 46.2 Å². The molecule has 1 aliphatic heterocycles. The SMILES string of the molecule is Cc1cccc(NC[C@H]2CCN(C(=O)OC(C)(C)C)CC2(F)F)n1. The molecule has 5 nitrogen and oxygen atoms in total. The molecular weight excluding hydrogens is 316 g/mol. The molecule has 0 spiro atoms. The number of carbonyl (C=O) groups is 1. The van der Waals surface area contributed by atoms with Gasteiger partial charge in [0.2, 0.25) is 0 Å². The van der Waals surface area contributed by atoms with Crippen LogP contribution in [0.15, 0.2) is 18.2 Å². The molecular formula is C17H25F2N3O2. The van der Waals surface area contributed by atoms with Gasteiger partial charge in [0.1, 0.15) is 11.4 Å². The smallest absolute Gasteiger partial charge is 0.410 e. The van der Waals surface area contributed by atoms with Gasteiger partial charge in [0, 0.05) is 24.7 Å². The lowest BCUT2D eigenvalue weighted by Crippen LogP contribution is -2.53. The molecule has 7 heteroatoms. The van der Waals surface area contributed by atoms with Crippen molar-refractivity contribution in [3.63, 3.8) is 0 Å². The highest BCUT2D eigenvalue weighted by Crippen LogP contribution is 2.33. The lowest BCUT2D eigenvalue weighted by atomic mass is 9.93. The van der Waals surface area contributed by atoms with Crippen LogP contribution in [-0.2, 0) is 4.74 Å². The summed E-state index contributed by atoms with van der Waals surface area (Å²) < 4.78 is 33.9. The summed E-state index contributed by atoms with van der Waals surface area (Å²) >= 11 is 0. The van der Waals surface area contributed by atoms with Crippen LogP contribution in [0.25, 0.3) is 0 Å². The highest BCUT2D eigenvalue weighted by Gasteiger charge is 2.46. The van der Waals surface area contributed by atoms with Crippen LogP contribution in [0.5, 0.6) is 0 Å². The number of aromatic nitrogens is 1. The second-order valence-electron chi connectivity index (χ2n) is 7.19. The third-order valence-corrected chi connectivity index (χ3v) is 3.82. The van der Waals surface area contributed by atoms with E-state index in [1.54, 1.807) is 26.8 Å². The zero-order valence-corrected chi connectivity index (χ0v) is 14.6. The number of hydrogen-bond donors (Lipinski definition) is 1. The fourth-order valence-corrected chi connectivity index (χ4v) is 2.59. The molecule has 2 rings (SSSR count). The fraction of sp³-hybridized carbons (Fsp3) is 0.647. The van der Waals surface area contributed by atoms with Crippen LogP contribution >= 0.6 is 0 Å². The average molecular weight is 341 g/mol. The number of halogens is 2. The third kappa shape index (κ3) is 5.04. The van der Waals surface area contributed by atoms with E-state index in [-0.39, 0.29) is 19.5 Å². The summed E-state index contributed by atoms with van der Waals surface area (Å²) in [6.45, 7) is 6.76. The van der Waals surface area contributed by atoms with Crippen molar-refractivity contribution in [3.8, 4) is 0 Å². The molecule has 1 aliphatic rings. The third-order valence-electron chi connectivity index (χ3n) is 3.82. The first-order chi connectivity index (χ1) is 11.1. The topological polar surface area (TPSA) is 54.5 Å². The number of piperidine rings is 1. The minimum absolute atomic E-state index is 0.117. The molecule has 0 radical (unpaired) electrons. The Kier molecular flexibility index (Phi) is 5.30. The summed E-state index contributed by atoms with van der Waals surface area (Å²) in [5.41, 5.74) is 0.133. The van der Waals surface area contributed by atoms with Crippen LogP contribution < -0.4 is 5.32 Å². The van der Waals surface area contributed by atoms with Gasteiger partial charge in [0.15, 0.2) is 0 Å². The van der Waals surface area contributed by atoms with E-state index >= 15 is 0 Å². The number of likely N-dealkylation sites (tertiary alicyclic amines) is 1. The van der Waals surface area contributed by atoms with E-state index < -0.39 is 30.1 Å². The summed E-state index contributed by atoms with van der Waals surface area (Å²) in [5.74, 6) is -3.23. The normalized spacial score (nSPS) is 20.6. The lowest BCUT2D eigenvalue weighted by molar-refractivity contribution is -0.106. The number of nitrogens with zero attached hydrogens (tertiary/aromatic N) is 2. The second-order valence-corrected chi connectivity index (χ2v) is 7.19. The number of anilines is 1. The van der Waals surface area contributed by atoms with Crippen LogP contribution in [0.3, 0.4) is 0 Å². The van der Waals surface area contributed by atoms with Crippen LogP contribution in [0.1, 0.15) is 32.9 Å². The summed E-state index contributed by atoms with van der Waals surface area (Å²) in [7, 11) is 0. The molecule has 2 heterocycles. The minimum atomic E-state index is -2.97. The predicted molar refractivity (Wildman–Crippen MR) is 88.3 cm³/mol. The minimum Gasteiger partial charge on any atom is -0.444 e. The van der Waals surface area contributed by atoms with E-state index in [2.05, 4.69) is 10.3 Å². The zero-order valence-electron chi connectivity index (χ0n) is 14.6. The van der Waals surface area contributed by atoms with Crippen LogP contribution in [0.2, 0.25) is 0 Å². The van der Waals surface area contributed by atoms with E-state index in [4.69, 9.17) is 4.74 Å². The number of rotatable bonds is 3. The monoisotopic (exact) mass is 341 g/mol. The predicted octanol–water partition coefficient (Wildman–Crippen LogP) is 3.69. The summed E-state index contributed by atoms with van der Waals surface area (Å²) in [6, 6.07) is 5.42. The Labute approximate surface area is 141 Å². The first-order valence-corrected chi connectivity index (χ1v) is 8.10. The summed E-state index contributed by atoms with van der Waals surface area (Å²) in [4.78, 5) is 17.3. The van der Waals surface area contributed by atoms with Gasteiger partial charge in [-0.25, -0.2) is 18.6 Å². The summed E-state index contributed by atoms with van der Waals surface area (Å²) in [5, 5.41) is 2.97. The Morgan fingerprint density at radius 2 is 2.17 bits per heavy atom. The van der Waals surface area contributed by atoms with E-state index in [0.29, 0.717) is 5.82 Å². The fourth-order valence-electron chi connectivity index (χ4n) is 2.59. The molecule has 1 aromatic heterocycles. The molecule has 1 amide bonds. The number of pyridine rings is 1. The van der Waals surface area contributed by atoms with Crippen molar-refractivity contribution in [3.05, 3.63) is 23.9 Å². The van der Waals surface area contributed by atoms with Crippen LogP contribution in [-0.4, -0.2) is 47.1 Å². The number of nitrogens with one attached hydrogen (secondary N) is 1. The van der Waals surface area contributed by atoms with Gasteiger partial charge in [-0.1, -0.05) is 6.07 Å². The van der Waals surface area contributed by atoms with Crippen molar-refractivity contribution in [1.82, 2.24) is 9.88 Å². The molecule has 1 N–H and O–H groups in total. The standard InChI is InChI=1S/C17H25F2N3O2/c1-12-6-5-7-14(21-12)20-10-13-8-9-22(11-17(13,18)19)15(23)24-16(2,3)4/h5-7,13H,8-11H2,1-4H3,(H,20,21)/t13-/m1/s1. The highest BCUT2D eigenvalue weighted by molar-refractivity contribution is 5.68. The van der Waals surface area contributed by atoms with Crippen molar-refractivity contribution >= 4 is 11.9 Å². The molecule has 134 valence electrons. The molecule has 0 bridgehead atoms. The number of carbonyl (C=O) groups excluding carboxylic acids is 1. The van der Waals surface area contributed by atoms with Gasteiger partial charge in [0.05, 0.1) is 6.54 Å². The maximum atomic E-state index is 14.4. The average Bonchev–Trinajstić information content (AvgIpc) is 2.43. The molecule has 0 aromatic carbocycles. The highest BCUT2D eigenvalue weighted by atomic mass is 19.3. The summed E-state index contributed by atoms with van der Waals surface area (Å²) in [6.07, 6.45) is -0.473. The van der Waals surface area contributed by atoms with Crippen molar-refractivity contribution in [2.75, 3.05) is 25.0 Å². The van der Waals surface area contributed by atoms with Crippen molar-refractivity contribution in [2.24, 2.45) is 5.92 Å². The molecule has 0 saturated carbocycles. The Hall–Kier alpha value is -1.92. The van der Waals surface area contributed by atoms with Gasteiger partial charge >= 0.3 is 6.09 Å². The molecule has 0 unspecified atom stereocenters. The molecule has 1 aromatic rings. The van der Waals surface area contributed by atoms with E-state index in [9.17, 15) is 13.6 Å². The van der Waals surface area contributed by atoms with E-state index in [0.717, 1.165) is 10.6 Å². The Morgan fingerprint density at radius 3 is 2.75 bits per heavy atom.